The largest absolute Gasteiger partial charge is 0.490 e. The molecule has 0 saturated carbocycles. The number of likely N-dealkylation sites (tertiary alicyclic amines) is 2. The minimum Gasteiger partial charge on any atom is -0.490 e. The number of ether oxygens (including phenoxy) is 2. The van der Waals surface area contributed by atoms with Crippen LogP contribution in [0.15, 0.2) is 48.5 Å². The quantitative estimate of drug-likeness (QED) is 0.777. The summed E-state index contributed by atoms with van der Waals surface area (Å²) in [6.07, 6.45) is -0.0642. The second kappa shape index (κ2) is 8.18. The molecule has 4 rings (SSSR count). The van der Waals surface area contributed by atoms with E-state index in [-0.39, 0.29) is 24.3 Å². The van der Waals surface area contributed by atoms with E-state index in [2.05, 4.69) is 0 Å². The lowest BCUT2D eigenvalue weighted by atomic mass is 10.1. The SMILES string of the molecule is CCOc1cc(C)ccc1OC(=O)N1CC[C@@H]2[C@H]1C(=O)CN2C(=O)c1ccccc1. The molecule has 0 aliphatic carbocycles. The van der Waals surface area contributed by atoms with Gasteiger partial charge < -0.3 is 14.4 Å². The van der Waals surface area contributed by atoms with Gasteiger partial charge in [-0.3, -0.25) is 14.5 Å². The van der Waals surface area contributed by atoms with Crippen molar-refractivity contribution in [3.8, 4) is 11.5 Å². The van der Waals surface area contributed by atoms with Crippen LogP contribution in [-0.2, 0) is 4.79 Å². The average molecular weight is 408 g/mol. The van der Waals surface area contributed by atoms with Gasteiger partial charge in [0, 0.05) is 12.1 Å². The summed E-state index contributed by atoms with van der Waals surface area (Å²) in [5, 5.41) is 0. The number of carbonyl (C=O) groups is 3. The number of hydrogen-bond donors (Lipinski definition) is 0. The van der Waals surface area contributed by atoms with Crippen LogP contribution < -0.4 is 9.47 Å². The summed E-state index contributed by atoms with van der Waals surface area (Å²) in [4.78, 5) is 41.5. The van der Waals surface area contributed by atoms with Crippen LogP contribution in [0.3, 0.4) is 0 Å². The second-order valence-electron chi connectivity index (χ2n) is 7.51. The van der Waals surface area contributed by atoms with Crippen molar-refractivity contribution in [3.63, 3.8) is 0 Å². The van der Waals surface area contributed by atoms with Gasteiger partial charge in [0.1, 0.15) is 6.04 Å². The topological polar surface area (TPSA) is 76.2 Å². The van der Waals surface area contributed by atoms with Crippen LogP contribution in [0.25, 0.3) is 0 Å². The predicted octanol–water partition coefficient (Wildman–Crippen LogP) is 3.06. The number of nitrogens with zero attached hydrogens (tertiary/aromatic N) is 2. The Balaban J connectivity index is 1.50. The second-order valence-corrected chi connectivity index (χ2v) is 7.51. The van der Waals surface area contributed by atoms with E-state index in [9.17, 15) is 14.4 Å². The normalized spacial score (nSPS) is 20.3. The number of hydrogen-bond acceptors (Lipinski definition) is 5. The summed E-state index contributed by atoms with van der Waals surface area (Å²) in [6, 6.07) is 13.2. The first kappa shape index (κ1) is 19.9. The first-order valence-electron chi connectivity index (χ1n) is 10.1. The van der Waals surface area contributed by atoms with Crippen molar-refractivity contribution in [2.45, 2.75) is 32.4 Å². The predicted molar refractivity (Wildman–Crippen MR) is 110 cm³/mol. The molecule has 2 heterocycles. The van der Waals surface area contributed by atoms with Gasteiger partial charge in [0.2, 0.25) is 0 Å². The number of carbonyl (C=O) groups excluding carboxylic acids is 3. The highest BCUT2D eigenvalue weighted by molar-refractivity contribution is 6.02. The number of Topliss-reactive ketones (excluding diaryl/α,β-unsaturated/α-hetero) is 1. The maximum atomic E-state index is 12.9. The number of aryl methyl sites for hydroxylation is 1. The van der Waals surface area contributed by atoms with E-state index >= 15 is 0 Å². The lowest BCUT2D eigenvalue weighted by Crippen LogP contribution is -2.44. The lowest BCUT2D eigenvalue weighted by Gasteiger charge is -2.24. The molecule has 156 valence electrons. The highest BCUT2D eigenvalue weighted by Gasteiger charge is 2.52. The third-order valence-corrected chi connectivity index (χ3v) is 5.53. The van der Waals surface area contributed by atoms with Crippen LogP contribution in [0.2, 0.25) is 0 Å². The van der Waals surface area contributed by atoms with Crippen molar-refractivity contribution < 1.29 is 23.9 Å². The first-order valence-corrected chi connectivity index (χ1v) is 10.1. The summed E-state index contributed by atoms with van der Waals surface area (Å²) in [5.74, 6) is 0.468. The Morgan fingerprint density at radius 2 is 1.83 bits per heavy atom. The molecule has 2 saturated heterocycles. The Hall–Kier alpha value is -3.35. The molecule has 2 atom stereocenters. The summed E-state index contributed by atoms with van der Waals surface area (Å²) in [5.41, 5.74) is 1.52. The summed E-state index contributed by atoms with van der Waals surface area (Å²) in [7, 11) is 0. The molecule has 2 amide bonds. The maximum Gasteiger partial charge on any atom is 0.416 e. The van der Waals surface area contributed by atoms with Gasteiger partial charge in [-0.1, -0.05) is 24.3 Å². The van der Waals surface area contributed by atoms with E-state index in [4.69, 9.17) is 9.47 Å². The van der Waals surface area contributed by atoms with E-state index in [1.807, 2.05) is 26.0 Å². The zero-order valence-electron chi connectivity index (χ0n) is 17.0. The van der Waals surface area contributed by atoms with Gasteiger partial charge in [-0.25, -0.2) is 4.79 Å². The molecule has 2 fully saturated rings. The molecule has 7 nitrogen and oxygen atoms in total. The number of rotatable bonds is 4. The van der Waals surface area contributed by atoms with Crippen molar-refractivity contribution in [2.24, 2.45) is 0 Å². The smallest absolute Gasteiger partial charge is 0.416 e. The van der Waals surface area contributed by atoms with Crippen LogP contribution in [0.1, 0.15) is 29.3 Å². The Morgan fingerprint density at radius 3 is 2.57 bits per heavy atom. The van der Waals surface area contributed by atoms with Crippen LogP contribution in [0.4, 0.5) is 4.79 Å². The third kappa shape index (κ3) is 3.63. The molecule has 2 aromatic rings. The van der Waals surface area contributed by atoms with E-state index in [1.54, 1.807) is 41.3 Å². The van der Waals surface area contributed by atoms with Crippen LogP contribution >= 0.6 is 0 Å². The Kier molecular flexibility index (Phi) is 5.44. The lowest BCUT2D eigenvalue weighted by molar-refractivity contribution is -0.120. The van der Waals surface area contributed by atoms with Crippen molar-refractivity contribution in [1.29, 1.82) is 0 Å². The molecule has 0 bridgehead atoms. The van der Waals surface area contributed by atoms with Crippen molar-refractivity contribution in [1.82, 2.24) is 9.80 Å². The van der Waals surface area contributed by atoms with Gasteiger partial charge in [-0.05, 0) is 50.1 Å². The molecule has 2 aromatic carbocycles. The first-order chi connectivity index (χ1) is 14.5. The van der Waals surface area contributed by atoms with Crippen LogP contribution in [-0.4, -0.2) is 59.4 Å². The van der Waals surface area contributed by atoms with Gasteiger partial charge in [0.25, 0.3) is 5.91 Å². The standard InChI is InChI=1S/C23H24N2O5/c1-3-29-20-13-15(2)9-10-19(20)30-23(28)24-12-11-17-21(24)18(26)14-25(17)22(27)16-7-5-4-6-8-16/h4-10,13,17,21H,3,11-12,14H2,1-2H3/t17-,21+/m1/s1. The number of fused-ring (bicyclic) bond motifs is 1. The summed E-state index contributed by atoms with van der Waals surface area (Å²) < 4.78 is 11.2. The van der Waals surface area contributed by atoms with Gasteiger partial charge in [0.15, 0.2) is 17.3 Å². The fraction of sp³-hybridized carbons (Fsp3) is 0.348. The molecule has 30 heavy (non-hydrogen) atoms. The van der Waals surface area contributed by atoms with Crippen LogP contribution in [0.5, 0.6) is 11.5 Å². The Morgan fingerprint density at radius 1 is 1.07 bits per heavy atom. The summed E-state index contributed by atoms with van der Waals surface area (Å²) in [6.45, 7) is 4.58. The van der Waals surface area contributed by atoms with Gasteiger partial charge in [0.05, 0.1) is 19.2 Å². The number of benzene rings is 2. The molecule has 0 unspecified atom stereocenters. The molecular formula is C23H24N2O5. The third-order valence-electron chi connectivity index (χ3n) is 5.53. The zero-order valence-corrected chi connectivity index (χ0v) is 17.0. The number of ketones is 1. The van der Waals surface area contributed by atoms with E-state index in [0.29, 0.717) is 36.6 Å². The van der Waals surface area contributed by atoms with Crippen molar-refractivity contribution in [2.75, 3.05) is 19.7 Å². The fourth-order valence-electron chi connectivity index (χ4n) is 4.16. The molecule has 0 N–H and O–H groups in total. The van der Waals surface area contributed by atoms with Gasteiger partial charge in [-0.15, -0.1) is 0 Å². The monoisotopic (exact) mass is 408 g/mol. The maximum absolute atomic E-state index is 12.9. The van der Waals surface area contributed by atoms with Crippen molar-refractivity contribution in [3.05, 3.63) is 59.7 Å². The van der Waals surface area contributed by atoms with E-state index in [0.717, 1.165) is 5.56 Å². The minimum atomic E-state index is -0.675. The minimum absolute atomic E-state index is 0.00156. The number of amides is 2. The van der Waals surface area contributed by atoms with Gasteiger partial charge in [-0.2, -0.15) is 0 Å². The Labute approximate surface area is 175 Å². The molecule has 0 spiro atoms. The summed E-state index contributed by atoms with van der Waals surface area (Å²) >= 11 is 0. The Bertz CT molecular complexity index is 975. The van der Waals surface area contributed by atoms with Crippen molar-refractivity contribution >= 4 is 17.8 Å². The van der Waals surface area contributed by atoms with Gasteiger partial charge >= 0.3 is 6.09 Å². The fourth-order valence-corrected chi connectivity index (χ4v) is 4.16. The molecule has 7 heteroatoms. The van der Waals surface area contributed by atoms with E-state index < -0.39 is 12.1 Å². The average Bonchev–Trinajstić information content (AvgIpc) is 3.32. The van der Waals surface area contributed by atoms with Crippen LogP contribution in [0, 0.1) is 6.92 Å². The molecule has 2 aliphatic rings. The highest BCUT2D eigenvalue weighted by Crippen LogP contribution is 2.33. The molecule has 2 aliphatic heterocycles. The highest BCUT2D eigenvalue weighted by atomic mass is 16.6. The molecule has 0 radical (unpaired) electrons. The zero-order chi connectivity index (χ0) is 21.3. The van der Waals surface area contributed by atoms with E-state index in [1.165, 1.54) is 4.90 Å². The molecular weight excluding hydrogens is 384 g/mol. The molecule has 0 aromatic heterocycles.